The van der Waals surface area contributed by atoms with Crippen molar-refractivity contribution in [1.82, 2.24) is 0 Å². The first kappa shape index (κ1) is 26.8. The van der Waals surface area contributed by atoms with Gasteiger partial charge in [-0.1, -0.05) is 90.8 Å². The predicted octanol–water partition coefficient (Wildman–Crippen LogP) is 1.65. The van der Waals surface area contributed by atoms with Crippen LogP contribution in [0.5, 0.6) is 0 Å². The molecule has 0 nitrogen and oxygen atoms in total. The fraction of sp³-hybridized carbons (Fsp3) is 0.100. The summed E-state index contributed by atoms with van der Waals surface area (Å²) in [6.07, 6.45) is 1.03. The predicted molar refractivity (Wildman–Crippen MR) is 138 cm³/mol. The van der Waals surface area contributed by atoms with E-state index >= 15 is 0 Å². The van der Waals surface area contributed by atoms with Gasteiger partial charge in [-0.3, -0.25) is 0 Å². The van der Waals surface area contributed by atoms with Gasteiger partial charge >= 0.3 is 26.2 Å². The molecule has 0 saturated carbocycles. The van der Waals surface area contributed by atoms with Gasteiger partial charge in [-0.05, 0) is 19.9 Å². The van der Waals surface area contributed by atoms with Crippen LogP contribution >= 0.6 is 0 Å². The molecule has 6 rings (SSSR count). The van der Waals surface area contributed by atoms with Crippen molar-refractivity contribution < 1.29 is 51.0 Å². The Morgan fingerprint density at radius 1 is 0.647 bits per heavy atom. The van der Waals surface area contributed by atoms with E-state index in [0.29, 0.717) is 0 Å². The summed E-state index contributed by atoms with van der Waals surface area (Å²) in [4.78, 5) is 0. The first-order chi connectivity index (χ1) is 15.3. The zero-order valence-electron chi connectivity index (χ0n) is 18.9. The summed E-state index contributed by atoms with van der Waals surface area (Å²) >= 11 is 0. The maximum Gasteiger partial charge on any atom is 4.00 e. The summed E-state index contributed by atoms with van der Waals surface area (Å²) < 4.78 is 0. The van der Waals surface area contributed by atoms with Crippen molar-refractivity contribution in [2.75, 3.05) is 0 Å². The van der Waals surface area contributed by atoms with Gasteiger partial charge in [-0.2, -0.15) is 6.07 Å². The van der Waals surface area contributed by atoms with Gasteiger partial charge in [0.2, 0.25) is 0 Å². The Bertz CT molecular complexity index is 1500. The molecular weight excluding hydrogens is 551 g/mol. The number of hydrogen-bond donors (Lipinski definition) is 0. The smallest absolute Gasteiger partial charge is 1.00 e. The van der Waals surface area contributed by atoms with Crippen LogP contribution in [0, 0.1) is 0 Å². The molecule has 6 aromatic carbocycles. The van der Waals surface area contributed by atoms with E-state index in [9.17, 15) is 0 Å². The minimum absolute atomic E-state index is 0. The average Bonchev–Trinajstić information content (AvgIpc) is 3.38. The quantitative estimate of drug-likeness (QED) is 0.222. The van der Waals surface area contributed by atoms with E-state index in [-0.39, 0.29) is 51.0 Å². The molecule has 0 bridgehead atoms. The average molecular weight is 574 g/mol. The van der Waals surface area contributed by atoms with Gasteiger partial charge in [-0.15, -0.1) is 68.2 Å². The first-order valence-electron chi connectivity index (χ1n) is 11.0. The van der Waals surface area contributed by atoms with E-state index in [1.807, 2.05) is 0 Å². The molecule has 0 aliphatic rings. The van der Waals surface area contributed by atoms with E-state index in [2.05, 4.69) is 104 Å². The van der Waals surface area contributed by atoms with Crippen LogP contribution in [0.2, 0.25) is 6.04 Å². The molecule has 0 aliphatic heterocycles. The molecule has 4 heteroatoms. The van der Waals surface area contributed by atoms with Crippen molar-refractivity contribution in [3.8, 4) is 0 Å². The third kappa shape index (κ3) is 5.07. The van der Waals surface area contributed by atoms with Crippen molar-refractivity contribution in [1.29, 1.82) is 0 Å². The van der Waals surface area contributed by atoms with Gasteiger partial charge in [0.05, 0.1) is 0 Å². The Labute approximate surface area is 234 Å². The molecule has 0 aliphatic carbocycles. The Balaban J connectivity index is 0.00000108. The summed E-state index contributed by atoms with van der Waals surface area (Å²) in [7, 11) is 0.860. The van der Waals surface area contributed by atoms with Crippen molar-refractivity contribution in [2.45, 2.75) is 19.4 Å². The molecule has 0 saturated heterocycles. The third-order valence-electron chi connectivity index (χ3n) is 6.33. The van der Waals surface area contributed by atoms with Crippen LogP contribution in [0.25, 0.3) is 43.1 Å². The van der Waals surface area contributed by atoms with Crippen LogP contribution in [-0.4, -0.2) is 14.3 Å². The molecule has 0 N–H and O–H groups in total. The van der Waals surface area contributed by atoms with Crippen LogP contribution in [0.15, 0.2) is 97.1 Å². The van der Waals surface area contributed by atoms with Gasteiger partial charge in [0.15, 0.2) is 0 Å². The minimum atomic E-state index is 0. The van der Waals surface area contributed by atoms with Crippen LogP contribution < -0.4 is 24.8 Å². The van der Waals surface area contributed by atoms with Crippen LogP contribution in [0.3, 0.4) is 0 Å². The second-order valence-electron chi connectivity index (χ2n) is 8.45. The van der Waals surface area contributed by atoms with Crippen LogP contribution in [0.4, 0.5) is 0 Å². The molecule has 0 aromatic heterocycles. The number of halogens is 2. The summed E-state index contributed by atoms with van der Waals surface area (Å²) in [6, 6.07) is 37.4. The fourth-order valence-electron chi connectivity index (χ4n) is 4.83. The summed E-state index contributed by atoms with van der Waals surface area (Å²) in [6.45, 7) is 2.30. The SMILES string of the molecule is CC[Si]=C(Cc1cc2cc3ccccc3cc2[cH-]1)c1cc2cc3ccccc3cc2[cH-]1.[Cl-].[Cl-].[Zr+4]. The van der Waals surface area contributed by atoms with Crippen LogP contribution in [0.1, 0.15) is 18.1 Å². The van der Waals surface area contributed by atoms with Gasteiger partial charge in [0.1, 0.15) is 0 Å². The molecule has 0 spiro atoms. The Kier molecular flexibility index (Phi) is 8.87. The van der Waals surface area contributed by atoms with Crippen LogP contribution in [-0.2, 0) is 32.6 Å². The van der Waals surface area contributed by atoms with E-state index in [0.717, 1.165) is 15.6 Å². The topological polar surface area (TPSA) is 0 Å². The molecule has 0 heterocycles. The zero-order valence-corrected chi connectivity index (χ0v) is 23.9. The van der Waals surface area contributed by atoms with Crippen molar-refractivity contribution in [3.05, 3.63) is 108 Å². The molecule has 0 amide bonds. The largest absolute Gasteiger partial charge is 4.00 e. The number of hydrogen-bond acceptors (Lipinski definition) is 0. The van der Waals surface area contributed by atoms with E-state index < -0.39 is 0 Å². The molecule has 0 atom stereocenters. The monoisotopic (exact) mass is 571 g/mol. The number of rotatable bonds is 4. The van der Waals surface area contributed by atoms with Crippen molar-refractivity contribution >= 4 is 57.4 Å². The van der Waals surface area contributed by atoms with Gasteiger partial charge in [-0.25, -0.2) is 0 Å². The Hall–Kier alpha value is -1.83. The van der Waals surface area contributed by atoms with Crippen molar-refractivity contribution in [3.63, 3.8) is 0 Å². The van der Waals surface area contributed by atoms with Crippen molar-refractivity contribution in [2.24, 2.45) is 0 Å². The fourth-order valence-corrected chi connectivity index (χ4v) is 5.93. The van der Waals surface area contributed by atoms with Gasteiger partial charge < -0.3 is 24.8 Å². The van der Waals surface area contributed by atoms with Gasteiger partial charge in [0, 0.05) is 0 Å². The van der Waals surface area contributed by atoms with E-state index in [1.54, 1.807) is 5.17 Å². The van der Waals surface area contributed by atoms with E-state index in [4.69, 9.17) is 0 Å². The first-order valence-corrected chi connectivity index (χ1v) is 12.2. The van der Waals surface area contributed by atoms with Gasteiger partial charge in [0.25, 0.3) is 0 Å². The maximum atomic E-state index is 2.40. The molecule has 165 valence electrons. The standard InChI is InChI=1S/C30H23Si.2ClH.Zr/c1-2-31-30(29-18-27-16-23-9-5-6-10-24(23)17-28(27)19-29)13-20-11-25-14-21-7-3-4-8-22(21)15-26(25)12-20;;;/h3-12,14-19H,2,13H2,1H3;2*1H;/q-2;;;+4/p-2. The number of fused-ring (bicyclic) bond motifs is 4. The summed E-state index contributed by atoms with van der Waals surface area (Å²) in [5.74, 6) is 0. The molecular formula is C30H23Cl2SiZr. The molecule has 6 aromatic rings. The third-order valence-corrected chi connectivity index (χ3v) is 7.57. The minimum Gasteiger partial charge on any atom is -1.00 e. The summed E-state index contributed by atoms with van der Waals surface area (Å²) in [5.41, 5.74) is 2.84. The molecule has 0 fully saturated rings. The van der Waals surface area contributed by atoms with E-state index in [1.165, 1.54) is 60.3 Å². The molecule has 1 radical (unpaired) electrons. The normalized spacial score (nSPS) is 11.4. The second-order valence-corrected chi connectivity index (χ2v) is 10.1. The zero-order chi connectivity index (χ0) is 20.8. The summed E-state index contributed by atoms with van der Waals surface area (Å²) in [5, 5.41) is 12.3. The Morgan fingerprint density at radius 3 is 1.71 bits per heavy atom. The molecule has 0 unspecified atom stereocenters. The molecule has 34 heavy (non-hydrogen) atoms. The maximum absolute atomic E-state index is 2.40. The second kappa shape index (κ2) is 11.3. The number of benzene rings is 4. The Morgan fingerprint density at radius 2 is 1.15 bits per heavy atom.